The zero-order chi connectivity index (χ0) is 12.5. The number of nitrogens with two attached hydrogens (primary N) is 1. The van der Waals surface area contributed by atoms with Crippen LogP contribution in [0.2, 0.25) is 0 Å². The molecule has 0 atom stereocenters. The highest BCUT2D eigenvalue weighted by atomic mass is 79.9. The second kappa shape index (κ2) is 4.80. The summed E-state index contributed by atoms with van der Waals surface area (Å²) in [7, 11) is 0. The third kappa shape index (κ3) is 2.07. The van der Waals surface area contributed by atoms with Gasteiger partial charge in [0.15, 0.2) is 0 Å². The van der Waals surface area contributed by atoms with Gasteiger partial charge in [0.2, 0.25) is 0 Å². The number of hydrogen-bond acceptors (Lipinski definition) is 3. The second-order valence-electron chi connectivity index (χ2n) is 4.02. The lowest BCUT2D eigenvalue weighted by Crippen LogP contribution is -1.96. The van der Waals surface area contributed by atoms with E-state index < -0.39 is 0 Å². The summed E-state index contributed by atoms with van der Waals surface area (Å²) in [5.41, 5.74) is 7.63. The normalized spacial score (nSPS) is 11.0. The van der Waals surface area contributed by atoms with E-state index in [0.717, 1.165) is 15.7 Å². The molecule has 3 rings (SSSR count). The number of hydrogen-bond donors (Lipinski definition) is 1. The minimum absolute atomic E-state index is 0.533. The van der Waals surface area contributed by atoms with Gasteiger partial charge in [0.05, 0.1) is 10.6 Å². The minimum Gasteiger partial charge on any atom is -0.326 e. The van der Waals surface area contributed by atoms with E-state index >= 15 is 0 Å². The van der Waals surface area contributed by atoms with Gasteiger partial charge < -0.3 is 5.73 Å². The van der Waals surface area contributed by atoms with Crippen LogP contribution < -0.4 is 5.73 Å². The molecule has 0 aliphatic heterocycles. The molecule has 0 amide bonds. The maximum atomic E-state index is 5.58. The van der Waals surface area contributed by atoms with E-state index in [-0.39, 0.29) is 0 Å². The molecule has 0 fully saturated rings. The average Bonchev–Trinajstić information content (AvgIpc) is 2.84. The summed E-state index contributed by atoms with van der Waals surface area (Å²) < 4.78 is 2.40. The van der Waals surface area contributed by atoms with Crippen molar-refractivity contribution in [2.45, 2.75) is 6.54 Å². The molecule has 0 radical (unpaired) electrons. The van der Waals surface area contributed by atoms with E-state index in [1.807, 2.05) is 24.4 Å². The third-order valence-electron chi connectivity index (χ3n) is 2.81. The number of aromatic nitrogens is 1. The zero-order valence-electron chi connectivity index (χ0n) is 9.56. The number of nitrogens with zero attached hydrogens (tertiary/aromatic N) is 1. The standard InChI is InChI=1S/C14H11BrN2S/c15-11-3-1-2-10-6-13(18-14(10)11)12-5-4-9(7-16)8-17-12/h1-6,8H,7,16H2. The molecule has 0 bridgehead atoms. The highest BCUT2D eigenvalue weighted by Crippen LogP contribution is 2.36. The molecule has 18 heavy (non-hydrogen) atoms. The van der Waals surface area contributed by atoms with Crippen LogP contribution >= 0.6 is 27.3 Å². The van der Waals surface area contributed by atoms with E-state index in [9.17, 15) is 0 Å². The van der Waals surface area contributed by atoms with E-state index in [0.29, 0.717) is 6.54 Å². The van der Waals surface area contributed by atoms with Crippen molar-refractivity contribution >= 4 is 37.4 Å². The molecule has 1 aromatic carbocycles. The van der Waals surface area contributed by atoms with Crippen molar-refractivity contribution in [1.29, 1.82) is 0 Å². The SMILES string of the molecule is NCc1ccc(-c2cc3cccc(Br)c3s2)nc1. The zero-order valence-corrected chi connectivity index (χ0v) is 12.0. The number of pyridine rings is 1. The Morgan fingerprint density at radius 2 is 2.11 bits per heavy atom. The topological polar surface area (TPSA) is 38.9 Å². The molecule has 2 nitrogen and oxygen atoms in total. The molecule has 2 heterocycles. The Kier molecular flexibility index (Phi) is 3.16. The van der Waals surface area contributed by atoms with Gasteiger partial charge in [-0.05, 0) is 45.1 Å². The van der Waals surface area contributed by atoms with E-state index in [1.165, 1.54) is 15.0 Å². The fourth-order valence-corrected chi connectivity index (χ4v) is 3.51. The molecule has 2 N–H and O–H groups in total. The Hall–Kier alpha value is -1.23. The van der Waals surface area contributed by atoms with Gasteiger partial charge in [-0.25, -0.2) is 0 Å². The summed E-state index contributed by atoms with van der Waals surface area (Å²) in [6.07, 6.45) is 1.84. The van der Waals surface area contributed by atoms with Gasteiger partial charge in [0, 0.05) is 21.9 Å². The Labute approximate surface area is 118 Å². The van der Waals surface area contributed by atoms with Crippen LogP contribution in [-0.4, -0.2) is 4.98 Å². The second-order valence-corrected chi connectivity index (χ2v) is 5.93. The first kappa shape index (κ1) is 11.8. The predicted molar refractivity (Wildman–Crippen MR) is 80.6 cm³/mol. The average molecular weight is 319 g/mol. The first-order valence-corrected chi connectivity index (χ1v) is 7.22. The fraction of sp³-hybridized carbons (Fsp3) is 0.0714. The summed E-state index contributed by atoms with van der Waals surface area (Å²) in [6.45, 7) is 0.533. The van der Waals surface area contributed by atoms with E-state index in [1.54, 1.807) is 11.3 Å². The van der Waals surface area contributed by atoms with Crippen LogP contribution in [0, 0.1) is 0 Å². The molecule has 0 aliphatic carbocycles. The molecule has 90 valence electrons. The highest BCUT2D eigenvalue weighted by Gasteiger charge is 2.07. The summed E-state index contributed by atoms with van der Waals surface area (Å²) >= 11 is 5.33. The predicted octanol–water partition coefficient (Wildman–Crippen LogP) is 4.18. The van der Waals surface area contributed by atoms with Crippen molar-refractivity contribution in [2.24, 2.45) is 5.73 Å². The summed E-state index contributed by atoms with van der Waals surface area (Å²) in [5.74, 6) is 0. The molecule has 0 aliphatic rings. The van der Waals surface area contributed by atoms with E-state index in [2.05, 4.69) is 39.1 Å². The Morgan fingerprint density at radius 1 is 1.22 bits per heavy atom. The fourth-order valence-electron chi connectivity index (χ4n) is 1.84. The van der Waals surface area contributed by atoms with Gasteiger partial charge in [0.25, 0.3) is 0 Å². The highest BCUT2D eigenvalue weighted by molar-refractivity contribution is 9.10. The summed E-state index contributed by atoms with van der Waals surface area (Å²) in [5, 5.41) is 1.24. The van der Waals surface area contributed by atoms with Gasteiger partial charge in [-0.3, -0.25) is 4.98 Å². The van der Waals surface area contributed by atoms with Crippen molar-refractivity contribution in [3.8, 4) is 10.6 Å². The summed E-state index contributed by atoms with van der Waals surface area (Å²) in [6, 6.07) is 12.5. The van der Waals surface area contributed by atoms with Crippen LogP contribution in [0.1, 0.15) is 5.56 Å². The molecule has 3 aromatic rings. The van der Waals surface area contributed by atoms with Gasteiger partial charge in [-0.1, -0.05) is 18.2 Å². The molecule has 2 aromatic heterocycles. The maximum absolute atomic E-state index is 5.58. The first-order valence-electron chi connectivity index (χ1n) is 5.61. The number of halogens is 1. The smallest absolute Gasteiger partial charge is 0.0802 e. The quantitative estimate of drug-likeness (QED) is 0.769. The number of thiophene rings is 1. The number of benzene rings is 1. The maximum Gasteiger partial charge on any atom is 0.0802 e. The number of rotatable bonds is 2. The van der Waals surface area contributed by atoms with Crippen molar-refractivity contribution in [3.63, 3.8) is 0 Å². The molecule has 4 heteroatoms. The molecule has 0 spiro atoms. The van der Waals surface area contributed by atoms with Gasteiger partial charge >= 0.3 is 0 Å². The lowest BCUT2D eigenvalue weighted by molar-refractivity contribution is 1.05. The van der Waals surface area contributed by atoms with Crippen LogP contribution in [-0.2, 0) is 6.54 Å². The van der Waals surface area contributed by atoms with Crippen LogP contribution in [0.25, 0.3) is 20.7 Å². The third-order valence-corrected chi connectivity index (χ3v) is 4.94. The van der Waals surface area contributed by atoms with Crippen molar-refractivity contribution in [2.75, 3.05) is 0 Å². The largest absolute Gasteiger partial charge is 0.326 e. The summed E-state index contributed by atoms with van der Waals surface area (Å²) in [4.78, 5) is 5.64. The minimum atomic E-state index is 0.533. The molecule has 0 unspecified atom stereocenters. The Bertz CT molecular complexity index is 689. The van der Waals surface area contributed by atoms with Crippen molar-refractivity contribution < 1.29 is 0 Å². The molecule has 0 saturated carbocycles. The van der Waals surface area contributed by atoms with Gasteiger partial charge in [-0.15, -0.1) is 11.3 Å². The van der Waals surface area contributed by atoms with E-state index in [4.69, 9.17) is 5.73 Å². The Balaban J connectivity index is 2.10. The molecule has 0 saturated heterocycles. The molecular formula is C14H11BrN2S. The van der Waals surface area contributed by atoms with Crippen molar-refractivity contribution in [1.82, 2.24) is 4.98 Å². The first-order chi connectivity index (χ1) is 8.78. The van der Waals surface area contributed by atoms with Crippen LogP contribution in [0.5, 0.6) is 0 Å². The van der Waals surface area contributed by atoms with Crippen LogP contribution in [0.4, 0.5) is 0 Å². The van der Waals surface area contributed by atoms with Crippen molar-refractivity contribution in [3.05, 3.63) is 52.6 Å². The van der Waals surface area contributed by atoms with Crippen LogP contribution in [0.3, 0.4) is 0 Å². The monoisotopic (exact) mass is 318 g/mol. The number of fused-ring (bicyclic) bond motifs is 1. The Morgan fingerprint density at radius 3 is 2.78 bits per heavy atom. The lowest BCUT2D eigenvalue weighted by atomic mass is 10.2. The lowest BCUT2D eigenvalue weighted by Gasteiger charge is -1.98. The molecular weight excluding hydrogens is 308 g/mol. The van der Waals surface area contributed by atoms with Gasteiger partial charge in [-0.2, -0.15) is 0 Å². The van der Waals surface area contributed by atoms with Crippen LogP contribution in [0.15, 0.2) is 47.1 Å². The van der Waals surface area contributed by atoms with Gasteiger partial charge in [0.1, 0.15) is 0 Å².